The third-order valence-corrected chi connectivity index (χ3v) is 6.24. The fourth-order valence-electron chi connectivity index (χ4n) is 3.85. The van der Waals surface area contributed by atoms with E-state index in [4.69, 9.17) is 14.2 Å². The van der Waals surface area contributed by atoms with E-state index in [0.717, 1.165) is 64.2 Å². The van der Waals surface area contributed by atoms with Crippen LogP contribution in [-0.2, 0) is 23.8 Å². The minimum atomic E-state index is -0.811. The maximum atomic E-state index is 12.0. The predicted molar refractivity (Wildman–Crippen MR) is 158 cm³/mol. The van der Waals surface area contributed by atoms with Crippen LogP contribution in [0.2, 0.25) is 0 Å². The van der Waals surface area contributed by atoms with E-state index >= 15 is 0 Å². The molecule has 0 aromatic heterocycles. The first-order valence-corrected chi connectivity index (χ1v) is 15.0. The van der Waals surface area contributed by atoms with E-state index in [1.54, 1.807) is 0 Å². The van der Waals surface area contributed by atoms with Crippen LogP contribution in [0.5, 0.6) is 0 Å². The Bertz CT molecular complexity index is 779. The van der Waals surface area contributed by atoms with Gasteiger partial charge in [-0.05, 0) is 51.4 Å². The molecule has 0 spiro atoms. The number of epoxide rings is 1. The van der Waals surface area contributed by atoms with Crippen LogP contribution < -0.4 is 0 Å². The van der Waals surface area contributed by atoms with Gasteiger partial charge in [0.2, 0.25) is 0 Å². The van der Waals surface area contributed by atoms with E-state index in [9.17, 15) is 14.7 Å². The molecule has 6 heteroatoms. The lowest BCUT2D eigenvalue weighted by Crippen LogP contribution is -2.28. The fourth-order valence-corrected chi connectivity index (χ4v) is 3.85. The maximum Gasteiger partial charge on any atom is 0.306 e. The zero-order valence-corrected chi connectivity index (χ0v) is 24.3. The average Bonchev–Trinajstić information content (AvgIpc) is 3.69. The average molecular weight is 545 g/mol. The summed E-state index contributed by atoms with van der Waals surface area (Å²) < 4.78 is 16.0. The predicted octanol–water partition coefficient (Wildman–Crippen LogP) is 7.48. The number of aliphatic hydroxyl groups is 1. The minimum absolute atomic E-state index is 0.103. The number of ether oxygens (including phenoxy) is 3. The van der Waals surface area contributed by atoms with Crippen molar-refractivity contribution in [3.8, 4) is 0 Å². The Morgan fingerprint density at radius 1 is 0.744 bits per heavy atom. The molecule has 1 fully saturated rings. The van der Waals surface area contributed by atoms with Crippen molar-refractivity contribution in [1.82, 2.24) is 0 Å². The molecule has 1 heterocycles. The molecule has 0 amide bonds. The van der Waals surface area contributed by atoms with E-state index in [0.29, 0.717) is 25.0 Å². The van der Waals surface area contributed by atoms with Crippen molar-refractivity contribution in [3.05, 3.63) is 60.8 Å². The van der Waals surface area contributed by atoms with Crippen LogP contribution in [0.1, 0.15) is 104 Å². The van der Waals surface area contributed by atoms with Gasteiger partial charge >= 0.3 is 11.9 Å². The molecule has 3 atom stereocenters. The summed E-state index contributed by atoms with van der Waals surface area (Å²) in [7, 11) is 0. The maximum absolute atomic E-state index is 12.0. The molecule has 220 valence electrons. The Kier molecular flexibility index (Phi) is 21.8. The van der Waals surface area contributed by atoms with E-state index < -0.39 is 12.1 Å². The minimum Gasteiger partial charge on any atom is -0.462 e. The Labute approximate surface area is 236 Å². The first-order chi connectivity index (χ1) is 19.1. The molecule has 2 unspecified atom stereocenters. The number of aliphatic hydroxyl groups excluding tert-OH is 1. The summed E-state index contributed by atoms with van der Waals surface area (Å²) in [6.45, 7) is 3.82. The van der Waals surface area contributed by atoms with Crippen LogP contribution >= 0.6 is 0 Å². The van der Waals surface area contributed by atoms with Gasteiger partial charge in [0, 0.05) is 12.8 Å². The lowest BCUT2D eigenvalue weighted by Gasteiger charge is -2.15. The highest BCUT2D eigenvalue weighted by molar-refractivity contribution is 5.70. The lowest BCUT2D eigenvalue weighted by molar-refractivity contribution is -0.161. The van der Waals surface area contributed by atoms with Crippen LogP contribution in [0.25, 0.3) is 0 Å². The zero-order valence-electron chi connectivity index (χ0n) is 24.3. The van der Waals surface area contributed by atoms with E-state index in [2.05, 4.69) is 62.5 Å². The molecule has 1 saturated heterocycles. The van der Waals surface area contributed by atoms with Crippen molar-refractivity contribution < 1.29 is 28.9 Å². The molecule has 0 radical (unpaired) electrons. The molecule has 0 aromatic rings. The second-order valence-corrected chi connectivity index (χ2v) is 9.84. The van der Waals surface area contributed by atoms with Crippen molar-refractivity contribution in [2.75, 3.05) is 13.2 Å². The number of rotatable bonds is 24. The molecule has 0 saturated carbocycles. The van der Waals surface area contributed by atoms with Gasteiger partial charge in [-0.1, -0.05) is 100 Å². The first-order valence-electron chi connectivity index (χ1n) is 15.0. The third kappa shape index (κ3) is 21.1. The summed E-state index contributed by atoms with van der Waals surface area (Å²) in [6.07, 6.45) is 33.5. The number of carbonyl (C=O) groups excluding carboxylic acids is 2. The number of hydrogen-bond donors (Lipinski definition) is 1. The summed E-state index contributed by atoms with van der Waals surface area (Å²) in [4.78, 5) is 23.8. The summed E-state index contributed by atoms with van der Waals surface area (Å²) in [5.41, 5.74) is 0. The third-order valence-electron chi connectivity index (χ3n) is 6.24. The smallest absolute Gasteiger partial charge is 0.306 e. The van der Waals surface area contributed by atoms with Crippen LogP contribution in [-0.4, -0.2) is 48.6 Å². The van der Waals surface area contributed by atoms with Crippen molar-refractivity contribution >= 4 is 11.9 Å². The first kappa shape index (κ1) is 34.6. The second kappa shape index (κ2) is 24.6. The highest BCUT2D eigenvalue weighted by atomic mass is 16.6. The largest absolute Gasteiger partial charge is 0.462 e. The summed E-state index contributed by atoms with van der Waals surface area (Å²) in [6, 6.07) is 0. The van der Waals surface area contributed by atoms with Gasteiger partial charge in [0.05, 0.1) is 18.8 Å². The van der Waals surface area contributed by atoms with Gasteiger partial charge in [-0.2, -0.15) is 0 Å². The molecule has 39 heavy (non-hydrogen) atoms. The van der Waals surface area contributed by atoms with E-state index in [-0.39, 0.29) is 25.6 Å². The summed E-state index contributed by atoms with van der Waals surface area (Å²) >= 11 is 0. The van der Waals surface area contributed by atoms with Gasteiger partial charge in [-0.25, -0.2) is 0 Å². The van der Waals surface area contributed by atoms with Gasteiger partial charge in [-0.15, -0.1) is 0 Å². The van der Waals surface area contributed by atoms with Crippen LogP contribution in [0, 0.1) is 0 Å². The van der Waals surface area contributed by atoms with Crippen molar-refractivity contribution in [2.24, 2.45) is 0 Å². The molecular weight excluding hydrogens is 492 g/mol. The van der Waals surface area contributed by atoms with Crippen LogP contribution in [0.3, 0.4) is 0 Å². The van der Waals surface area contributed by atoms with Crippen molar-refractivity contribution in [2.45, 2.75) is 122 Å². The molecule has 1 rings (SSSR count). The lowest BCUT2D eigenvalue weighted by atomic mass is 10.1. The molecular formula is C33H52O6. The number of hydrogen-bond acceptors (Lipinski definition) is 6. The van der Waals surface area contributed by atoms with E-state index in [1.807, 2.05) is 12.2 Å². The number of carbonyl (C=O) groups is 2. The quantitative estimate of drug-likeness (QED) is 0.0587. The highest BCUT2D eigenvalue weighted by Gasteiger charge is 2.35. The second-order valence-electron chi connectivity index (χ2n) is 9.84. The standard InChI is InChI=1S/C33H52O6/c1-3-5-7-16-21-25-32(35)37-28-29(27-34)38-33(36)26-22-18-15-13-11-9-8-10-12-14-17-20-24-31-30(39-31)23-19-6-4-2/h6,9-12,15,17-20,29-31,34H,3-5,7-8,13-14,16,21-28H2,1-2H3/b11-9-,12-10-,18-15-,19-6-,20-17-/t29-,30?,31?/m0/s1. The zero-order chi connectivity index (χ0) is 28.4. The Hall–Kier alpha value is -2.44. The van der Waals surface area contributed by atoms with E-state index in [1.165, 1.54) is 6.42 Å². The number of esters is 2. The topological polar surface area (TPSA) is 85.4 Å². The summed E-state index contributed by atoms with van der Waals surface area (Å²) in [5.74, 6) is -0.717. The molecule has 0 aliphatic carbocycles. The van der Waals surface area contributed by atoms with Crippen molar-refractivity contribution in [3.63, 3.8) is 0 Å². The van der Waals surface area contributed by atoms with Gasteiger partial charge in [-0.3, -0.25) is 9.59 Å². The van der Waals surface area contributed by atoms with Gasteiger partial charge in [0.15, 0.2) is 6.10 Å². The number of unbranched alkanes of at least 4 members (excludes halogenated alkanes) is 4. The molecule has 0 bridgehead atoms. The normalized spacial score (nSPS) is 18.2. The van der Waals surface area contributed by atoms with Gasteiger partial charge < -0.3 is 19.3 Å². The molecule has 6 nitrogen and oxygen atoms in total. The monoisotopic (exact) mass is 544 g/mol. The van der Waals surface area contributed by atoms with Crippen molar-refractivity contribution in [1.29, 1.82) is 0 Å². The Morgan fingerprint density at radius 2 is 1.33 bits per heavy atom. The molecule has 1 aliphatic heterocycles. The van der Waals surface area contributed by atoms with Crippen LogP contribution in [0.15, 0.2) is 60.8 Å². The highest BCUT2D eigenvalue weighted by Crippen LogP contribution is 2.29. The molecule has 1 aliphatic rings. The number of allylic oxidation sites excluding steroid dienone is 8. The Morgan fingerprint density at radius 3 is 1.95 bits per heavy atom. The molecule has 0 aromatic carbocycles. The summed E-state index contributed by atoms with van der Waals surface area (Å²) in [5, 5.41) is 9.40. The van der Waals surface area contributed by atoms with Gasteiger partial charge in [0.1, 0.15) is 6.61 Å². The fraction of sp³-hybridized carbons (Fsp3) is 0.636. The Balaban J connectivity index is 2.01. The van der Waals surface area contributed by atoms with Crippen LogP contribution in [0.4, 0.5) is 0 Å². The SMILES string of the molecule is CC/C=C\CC1OC1C/C=C\C/C=C\C/C=C\C/C=C\CCC(=O)O[C@@H](CO)COC(=O)CCCCCCC. The van der Waals surface area contributed by atoms with Gasteiger partial charge in [0.25, 0.3) is 0 Å². The molecule has 1 N–H and O–H groups in total.